The van der Waals surface area contributed by atoms with Crippen molar-refractivity contribution in [3.63, 3.8) is 0 Å². The predicted octanol–water partition coefficient (Wildman–Crippen LogP) is 7.47. The van der Waals surface area contributed by atoms with E-state index >= 15 is 8.78 Å². The minimum atomic E-state index is -0.351. The molecule has 216 valence electrons. The lowest BCUT2D eigenvalue weighted by atomic mass is 9.98. The van der Waals surface area contributed by atoms with Gasteiger partial charge in [0, 0.05) is 54.8 Å². The van der Waals surface area contributed by atoms with Crippen molar-refractivity contribution in [3.05, 3.63) is 65.3 Å². The molecule has 7 nitrogen and oxygen atoms in total. The van der Waals surface area contributed by atoms with Crippen LogP contribution in [0.25, 0.3) is 21.8 Å². The second kappa shape index (κ2) is 12.7. The van der Waals surface area contributed by atoms with E-state index in [0.717, 1.165) is 48.2 Å². The Labute approximate surface area is 248 Å². The van der Waals surface area contributed by atoms with Gasteiger partial charge in [0.1, 0.15) is 5.82 Å². The molecule has 1 saturated heterocycles. The summed E-state index contributed by atoms with van der Waals surface area (Å²) in [5, 5.41) is 7.29. The van der Waals surface area contributed by atoms with E-state index in [1.807, 2.05) is 17.0 Å². The summed E-state index contributed by atoms with van der Waals surface area (Å²) in [4.78, 5) is 16.8. The van der Waals surface area contributed by atoms with Gasteiger partial charge in [0.05, 0.1) is 32.6 Å². The van der Waals surface area contributed by atoms with Crippen LogP contribution in [0.15, 0.2) is 48.7 Å². The van der Waals surface area contributed by atoms with Crippen LogP contribution in [0.1, 0.15) is 39.1 Å². The van der Waals surface area contributed by atoms with Crippen molar-refractivity contribution in [1.82, 2.24) is 20.3 Å². The van der Waals surface area contributed by atoms with E-state index in [4.69, 9.17) is 9.97 Å². The van der Waals surface area contributed by atoms with Crippen molar-refractivity contribution in [2.24, 2.45) is 0 Å². The van der Waals surface area contributed by atoms with Crippen LogP contribution in [0.3, 0.4) is 0 Å². The van der Waals surface area contributed by atoms with E-state index in [1.54, 1.807) is 30.5 Å². The molecule has 2 aromatic carbocycles. The van der Waals surface area contributed by atoms with Crippen molar-refractivity contribution in [2.45, 2.75) is 39.5 Å². The molecule has 0 aliphatic carbocycles. The zero-order valence-corrected chi connectivity index (χ0v) is 25.4. The molecule has 5 rings (SSSR count). The van der Waals surface area contributed by atoms with Crippen molar-refractivity contribution in [3.8, 4) is 21.8 Å². The zero-order chi connectivity index (χ0) is 29.0. The summed E-state index contributed by atoms with van der Waals surface area (Å²) in [5.74, 6) is 0.545. The fourth-order valence-electron chi connectivity index (χ4n) is 4.44. The smallest absolute Gasteiger partial charge is 0.227 e. The third-order valence-electron chi connectivity index (χ3n) is 6.56. The van der Waals surface area contributed by atoms with Gasteiger partial charge in [-0.3, -0.25) is 0 Å². The minimum Gasteiger partial charge on any atom is -0.367 e. The Kier molecular flexibility index (Phi) is 9.06. The van der Waals surface area contributed by atoms with E-state index < -0.39 is 0 Å². The molecule has 41 heavy (non-hydrogen) atoms. The van der Waals surface area contributed by atoms with Crippen molar-refractivity contribution in [1.29, 1.82) is 0 Å². The molecule has 0 saturated carbocycles. The molecule has 0 bridgehead atoms. The Morgan fingerprint density at radius 1 is 1.07 bits per heavy atom. The summed E-state index contributed by atoms with van der Waals surface area (Å²) < 4.78 is 33.9. The summed E-state index contributed by atoms with van der Waals surface area (Å²) in [5.41, 5.74) is 2.88. The van der Waals surface area contributed by atoms with Crippen LogP contribution >= 0.6 is 23.3 Å². The number of halogens is 2. The number of thiazole rings is 1. The number of benzene rings is 2. The van der Waals surface area contributed by atoms with Gasteiger partial charge in [-0.2, -0.15) is 0 Å². The number of hydrogen-bond donors (Lipinski definition) is 3. The molecule has 1 aliphatic rings. The maximum atomic E-state index is 15.8. The first kappa shape index (κ1) is 29.2. The third kappa shape index (κ3) is 6.79. The molecule has 1 fully saturated rings. The van der Waals surface area contributed by atoms with Gasteiger partial charge in [-0.25, -0.2) is 23.7 Å². The lowest BCUT2D eigenvalue weighted by molar-refractivity contribution is 0.566. The maximum Gasteiger partial charge on any atom is 0.227 e. The summed E-state index contributed by atoms with van der Waals surface area (Å²) in [7, 11) is 0. The molecule has 0 radical (unpaired) electrons. The van der Waals surface area contributed by atoms with E-state index in [2.05, 4.69) is 48.0 Å². The van der Waals surface area contributed by atoms with Crippen LogP contribution in [-0.2, 0) is 5.41 Å². The quantitative estimate of drug-likeness (QED) is 0.136. The molecular weight excluding hydrogens is 561 g/mol. The second-order valence-corrected chi connectivity index (χ2v) is 12.8. The second-order valence-electron chi connectivity index (χ2n) is 10.9. The monoisotopic (exact) mass is 595 g/mol. The lowest BCUT2D eigenvalue weighted by Gasteiger charge is -2.29. The van der Waals surface area contributed by atoms with E-state index in [9.17, 15) is 0 Å². The standard InChI is InChI=1S/C30H35F2N7S2/c1-5-17-40-38-22-8-6-7-20(25(22)32)26-27(41-28(37-26)30(2,3)4)23-11-12-34-29(36-23)35-19-9-10-24(21(31)18-19)39-15-13-33-14-16-39/h6-12,18,33,38H,5,13-17H2,1-4H3,(H,34,35,36). The zero-order valence-electron chi connectivity index (χ0n) is 23.7. The average molecular weight is 596 g/mol. The van der Waals surface area contributed by atoms with Gasteiger partial charge in [0.15, 0.2) is 5.82 Å². The fourth-order valence-corrected chi connectivity index (χ4v) is 6.17. The Morgan fingerprint density at radius 3 is 2.61 bits per heavy atom. The Morgan fingerprint density at radius 2 is 1.88 bits per heavy atom. The topological polar surface area (TPSA) is 78.0 Å². The van der Waals surface area contributed by atoms with Gasteiger partial charge < -0.3 is 20.3 Å². The molecule has 3 N–H and O–H groups in total. The van der Waals surface area contributed by atoms with Crippen LogP contribution < -0.4 is 20.3 Å². The van der Waals surface area contributed by atoms with Crippen molar-refractivity contribution >= 4 is 46.3 Å². The van der Waals surface area contributed by atoms with Gasteiger partial charge in [0.25, 0.3) is 0 Å². The van der Waals surface area contributed by atoms with E-state index in [1.165, 1.54) is 29.4 Å². The Hall–Kier alpha value is -3.28. The highest BCUT2D eigenvalue weighted by molar-refractivity contribution is 8.00. The Balaban J connectivity index is 1.47. The molecule has 0 atom stereocenters. The average Bonchev–Trinajstić information content (AvgIpc) is 3.41. The first-order valence-corrected chi connectivity index (χ1v) is 15.6. The lowest BCUT2D eigenvalue weighted by Crippen LogP contribution is -2.43. The summed E-state index contributed by atoms with van der Waals surface area (Å²) in [6.07, 6.45) is 2.63. The van der Waals surface area contributed by atoms with Gasteiger partial charge in [0.2, 0.25) is 5.95 Å². The highest BCUT2D eigenvalue weighted by atomic mass is 32.2. The Bertz CT molecular complexity index is 1500. The number of aromatic nitrogens is 3. The molecule has 0 amide bonds. The number of rotatable bonds is 9. The molecule has 3 heterocycles. The largest absolute Gasteiger partial charge is 0.367 e. The SMILES string of the molecule is CCCSNc1cccc(-c2nc(C(C)(C)C)sc2-c2ccnc(Nc3ccc(N4CCNCC4)c(F)c3)n2)c1F. The summed E-state index contributed by atoms with van der Waals surface area (Å²) in [6.45, 7) is 11.5. The van der Waals surface area contributed by atoms with Crippen LogP contribution in [0, 0.1) is 11.6 Å². The van der Waals surface area contributed by atoms with E-state index in [-0.39, 0.29) is 17.0 Å². The highest BCUT2D eigenvalue weighted by Crippen LogP contribution is 2.42. The molecule has 4 aromatic rings. The molecule has 1 aliphatic heterocycles. The first-order chi connectivity index (χ1) is 19.7. The summed E-state index contributed by atoms with van der Waals surface area (Å²) >= 11 is 2.97. The molecular formula is C30H35F2N7S2. The van der Waals surface area contributed by atoms with Crippen molar-refractivity contribution < 1.29 is 8.78 Å². The number of nitrogens with zero attached hydrogens (tertiary/aromatic N) is 4. The number of anilines is 4. The first-order valence-electron chi connectivity index (χ1n) is 13.8. The van der Waals surface area contributed by atoms with Crippen LogP contribution in [0.4, 0.5) is 31.8 Å². The maximum absolute atomic E-state index is 15.8. The number of piperazine rings is 1. The van der Waals surface area contributed by atoms with Crippen molar-refractivity contribution in [2.75, 3.05) is 46.9 Å². The molecule has 2 aromatic heterocycles. The molecule has 11 heteroatoms. The van der Waals surface area contributed by atoms with Gasteiger partial charge in [-0.1, -0.05) is 45.7 Å². The molecule has 0 unspecified atom stereocenters. The fraction of sp³-hybridized carbons (Fsp3) is 0.367. The van der Waals surface area contributed by atoms with Crippen LogP contribution in [0.5, 0.6) is 0 Å². The number of nitrogens with one attached hydrogen (secondary N) is 3. The normalized spacial score (nSPS) is 13.9. The van der Waals surface area contributed by atoms with Gasteiger partial charge >= 0.3 is 0 Å². The van der Waals surface area contributed by atoms with E-state index in [0.29, 0.717) is 40.0 Å². The van der Waals surface area contributed by atoms with Crippen LogP contribution in [0.2, 0.25) is 0 Å². The van der Waals surface area contributed by atoms with Gasteiger partial charge in [-0.05, 0) is 42.8 Å². The third-order valence-corrected chi connectivity index (χ3v) is 9.04. The predicted molar refractivity (Wildman–Crippen MR) is 168 cm³/mol. The van der Waals surface area contributed by atoms with Gasteiger partial charge in [-0.15, -0.1) is 11.3 Å². The molecule has 0 spiro atoms. The summed E-state index contributed by atoms with van der Waals surface area (Å²) in [6, 6.07) is 12.2. The minimum absolute atomic E-state index is 0.237. The van der Waals surface area contributed by atoms with Crippen LogP contribution in [-0.4, -0.2) is 46.9 Å². The highest BCUT2D eigenvalue weighted by Gasteiger charge is 2.26. The number of hydrogen-bond acceptors (Lipinski definition) is 9.